The van der Waals surface area contributed by atoms with E-state index >= 15 is 0 Å². The van der Waals surface area contributed by atoms with Crippen molar-refractivity contribution in [3.05, 3.63) is 45.4 Å². The molecule has 1 N–H and O–H groups in total. The number of alkyl halides is 4. The highest BCUT2D eigenvalue weighted by Gasteiger charge is 2.42. The predicted molar refractivity (Wildman–Crippen MR) is 110 cm³/mol. The van der Waals surface area contributed by atoms with Gasteiger partial charge in [-0.1, -0.05) is 11.6 Å². The third-order valence-electron chi connectivity index (χ3n) is 4.46. The fraction of sp³-hybridized carbons (Fsp3) is 0.263. The lowest BCUT2D eigenvalue weighted by Crippen LogP contribution is -2.21. The zero-order valence-electron chi connectivity index (χ0n) is 15.9. The van der Waals surface area contributed by atoms with Gasteiger partial charge in [0.2, 0.25) is 0 Å². The lowest BCUT2D eigenvalue weighted by atomic mass is 10.1. The number of methoxy groups -OCH3 is 1. The number of nitrogens with zero attached hydrogens (tertiary/aromatic N) is 1. The fourth-order valence-corrected chi connectivity index (χ4v) is 5.26. The van der Waals surface area contributed by atoms with Gasteiger partial charge in [0, 0.05) is 16.5 Å². The van der Waals surface area contributed by atoms with Crippen LogP contribution in [0, 0.1) is 6.92 Å². The first-order valence-corrected chi connectivity index (χ1v) is 10.6. The number of rotatable bonds is 7. The Hall–Kier alpha value is -2.24. The third kappa shape index (κ3) is 4.39. The summed E-state index contributed by atoms with van der Waals surface area (Å²) in [4.78, 5) is 24.5. The van der Waals surface area contributed by atoms with Gasteiger partial charge in [0.05, 0.1) is 33.8 Å². The molecule has 0 aliphatic heterocycles. The maximum atomic E-state index is 13.3. The molecule has 0 amide bonds. The predicted octanol–water partition coefficient (Wildman–Crippen LogP) is 5.94. The molecule has 1 aromatic carbocycles. The molecule has 0 fully saturated rings. The summed E-state index contributed by atoms with van der Waals surface area (Å²) in [6.07, 6.45) is -4.27. The van der Waals surface area contributed by atoms with Crippen LogP contribution in [0.25, 0.3) is 10.9 Å². The molecule has 2 aromatic heterocycles. The molecule has 0 saturated carbocycles. The van der Waals surface area contributed by atoms with Crippen LogP contribution >= 0.6 is 34.7 Å². The number of hydrogen-bond acceptors (Lipinski definition) is 5. The quantitative estimate of drug-likeness (QED) is 0.324. The minimum Gasteiger partial charge on any atom is -0.495 e. The second-order valence-electron chi connectivity index (χ2n) is 6.37. The van der Waals surface area contributed by atoms with Gasteiger partial charge < -0.3 is 9.84 Å². The van der Waals surface area contributed by atoms with E-state index in [-0.39, 0.29) is 32.3 Å². The molecule has 0 spiro atoms. The summed E-state index contributed by atoms with van der Waals surface area (Å²) in [7, 11) is 1.39. The molecule has 31 heavy (non-hydrogen) atoms. The summed E-state index contributed by atoms with van der Waals surface area (Å²) in [5.74, 6) is -1.49. The highest BCUT2D eigenvalue weighted by molar-refractivity contribution is 8.02. The van der Waals surface area contributed by atoms with Gasteiger partial charge in [-0.25, -0.2) is 8.78 Å². The molecule has 0 saturated heterocycles. The summed E-state index contributed by atoms with van der Waals surface area (Å²) in [5, 5.41) is 6.72. The van der Waals surface area contributed by atoms with Gasteiger partial charge in [0.1, 0.15) is 5.75 Å². The van der Waals surface area contributed by atoms with Crippen LogP contribution in [0.1, 0.15) is 21.6 Å². The van der Waals surface area contributed by atoms with Gasteiger partial charge >= 0.3 is 17.6 Å². The molecule has 2 heterocycles. The number of carboxylic acid groups (broad SMARTS) is 1. The van der Waals surface area contributed by atoms with Crippen molar-refractivity contribution in [3.8, 4) is 5.75 Å². The number of hydrogen-bond donors (Lipinski definition) is 1. The maximum absolute atomic E-state index is 13.3. The van der Waals surface area contributed by atoms with E-state index in [0.717, 1.165) is 17.4 Å². The maximum Gasteiger partial charge on any atom is 0.358 e. The van der Waals surface area contributed by atoms with Gasteiger partial charge in [-0.2, -0.15) is 8.78 Å². The number of fused-ring (bicyclic) bond motifs is 1. The van der Waals surface area contributed by atoms with E-state index in [0.29, 0.717) is 22.2 Å². The molecule has 0 bridgehead atoms. The van der Waals surface area contributed by atoms with E-state index < -0.39 is 30.0 Å². The number of halogens is 5. The Morgan fingerprint density at radius 2 is 2.03 bits per heavy atom. The number of ether oxygens (including phenoxy) is 1. The summed E-state index contributed by atoms with van der Waals surface area (Å²) in [6, 6.07) is 4.14. The Bertz CT molecular complexity index is 1180. The van der Waals surface area contributed by atoms with Crippen LogP contribution in [-0.2, 0) is 11.2 Å². The SMILES string of the molecule is COc1ccc2c(c1Cl)c(CC(=O)O)c(C)n2C(=O)c1csc(SC(F)(F)C(F)F)c1. The highest BCUT2D eigenvalue weighted by Crippen LogP contribution is 2.43. The molecule has 166 valence electrons. The van der Waals surface area contributed by atoms with E-state index in [4.69, 9.17) is 16.3 Å². The van der Waals surface area contributed by atoms with Gasteiger partial charge in [-0.05, 0) is 42.4 Å². The van der Waals surface area contributed by atoms with Gasteiger partial charge in [-0.3, -0.25) is 14.2 Å². The molecule has 0 radical (unpaired) electrons. The summed E-state index contributed by atoms with van der Waals surface area (Å²) < 4.78 is 57.8. The third-order valence-corrected chi connectivity index (χ3v) is 6.87. The van der Waals surface area contributed by atoms with E-state index in [1.807, 2.05) is 0 Å². The monoisotopic (exact) mass is 495 g/mol. The molecule has 0 aliphatic rings. The lowest BCUT2D eigenvalue weighted by molar-refractivity contribution is -0.136. The van der Waals surface area contributed by atoms with Crippen molar-refractivity contribution < 1.29 is 37.0 Å². The van der Waals surface area contributed by atoms with Gasteiger partial charge in [0.15, 0.2) is 0 Å². The number of benzene rings is 1. The normalized spacial score (nSPS) is 12.0. The fourth-order valence-electron chi connectivity index (χ4n) is 3.09. The number of carbonyl (C=O) groups excluding carboxylic acids is 1. The topological polar surface area (TPSA) is 68.5 Å². The summed E-state index contributed by atoms with van der Waals surface area (Å²) in [5.41, 5.74) is 0.902. The Labute approximate surface area is 186 Å². The highest BCUT2D eigenvalue weighted by atomic mass is 35.5. The van der Waals surface area contributed by atoms with E-state index in [1.54, 1.807) is 0 Å². The molecular weight excluding hydrogens is 482 g/mol. The zero-order chi connectivity index (χ0) is 23.1. The van der Waals surface area contributed by atoms with Crippen LogP contribution in [0.3, 0.4) is 0 Å². The van der Waals surface area contributed by atoms with Gasteiger partial charge in [-0.15, -0.1) is 11.3 Å². The number of thioether (sulfide) groups is 1. The molecule has 3 rings (SSSR count). The van der Waals surface area contributed by atoms with Crippen molar-refractivity contribution in [2.24, 2.45) is 0 Å². The Morgan fingerprint density at radius 3 is 2.61 bits per heavy atom. The average molecular weight is 496 g/mol. The second kappa shape index (κ2) is 8.71. The van der Waals surface area contributed by atoms with Gasteiger partial charge in [0.25, 0.3) is 5.91 Å². The smallest absolute Gasteiger partial charge is 0.358 e. The van der Waals surface area contributed by atoms with Crippen molar-refractivity contribution in [2.75, 3.05) is 7.11 Å². The van der Waals surface area contributed by atoms with Crippen LogP contribution in [-0.4, -0.2) is 40.3 Å². The minimum atomic E-state index is -4.29. The molecule has 3 aromatic rings. The molecular formula is C19H14ClF4NO4S2. The number of aromatic nitrogens is 1. The van der Waals surface area contributed by atoms with Crippen LogP contribution in [0.15, 0.2) is 27.8 Å². The Balaban J connectivity index is 2.11. The molecule has 0 aliphatic carbocycles. The summed E-state index contributed by atoms with van der Waals surface area (Å²) in [6.45, 7) is 1.53. The second-order valence-corrected chi connectivity index (χ2v) is 9.11. The van der Waals surface area contributed by atoms with Crippen molar-refractivity contribution >= 4 is 57.5 Å². The molecule has 0 unspecified atom stereocenters. The van der Waals surface area contributed by atoms with Crippen molar-refractivity contribution in [3.63, 3.8) is 0 Å². The number of carboxylic acids is 1. The molecule has 0 atom stereocenters. The van der Waals surface area contributed by atoms with Crippen molar-refractivity contribution in [2.45, 2.75) is 29.2 Å². The number of carbonyl (C=O) groups is 2. The first-order valence-electron chi connectivity index (χ1n) is 8.54. The average Bonchev–Trinajstić information content (AvgIpc) is 3.24. The first kappa shape index (κ1) is 23.4. The number of thiophene rings is 1. The van der Waals surface area contributed by atoms with E-state index in [1.165, 1.54) is 36.1 Å². The summed E-state index contributed by atoms with van der Waals surface area (Å²) >= 11 is 6.78. The molecule has 12 heteroatoms. The molecule has 5 nitrogen and oxygen atoms in total. The van der Waals surface area contributed by atoms with Crippen LogP contribution in [0.2, 0.25) is 5.02 Å². The lowest BCUT2D eigenvalue weighted by Gasteiger charge is -2.12. The standard InChI is InChI=1S/C19H14ClF4NO4S2/c1-8-10(6-13(26)27)15-11(3-4-12(29-2)16(15)20)25(8)17(28)9-5-14(30-7-9)31-19(23,24)18(21)22/h3-5,7,18H,6H2,1-2H3,(H,26,27). The first-order chi connectivity index (χ1) is 14.5. The number of aliphatic carboxylic acids is 1. The minimum absolute atomic E-state index is 0.00798. The van der Waals surface area contributed by atoms with Crippen LogP contribution < -0.4 is 4.74 Å². The van der Waals surface area contributed by atoms with Crippen LogP contribution in [0.5, 0.6) is 5.75 Å². The van der Waals surface area contributed by atoms with Crippen molar-refractivity contribution in [1.82, 2.24) is 4.57 Å². The van der Waals surface area contributed by atoms with Crippen molar-refractivity contribution in [1.29, 1.82) is 0 Å². The van der Waals surface area contributed by atoms with Crippen LogP contribution in [0.4, 0.5) is 17.6 Å². The Kier molecular flexibility index (Phi) is 6.59. The zero-order valence-corrected chi connectivity index (χ0v) is 18.3. The largest absolute Gasteiger partial charge is 0.495 e. The van der Waals surface area contributed by atoms with E-state index in [9.17, 15) is 32.3 Å². The van der Waals surface area contributed by atoms with E-state index in [2.05, 4.69) is 0 Å². The Morgan fingerprint density at radius 1 is 1.35 bits per heavy atom.